The largest absolute Gasteiger partial charge is 0.465 e. The van der Waals surface area contributed by atoms with Crippen LogP contribution in [0.2, 0.25) is 0 Å². The van der Waals surface area contributed by atoms with Crippen molar-refractivity contribution in [3.63, 3.8) is 0 Å². The summed E-state index contributed by atoms with van der Waals surface area (Å²) in [5, 5.41) is -0.219. The van der Waals surface area contributed by atoms with Crippen molar-refractivity contribution in [2.24, 2.45) is 0 Å². The highest BCUT2D eigenvalue weighted by atomic mass is 32.2. The lowest BCUT2D eigenvalue weighted by molar-refractivity contribution is -0.122. The molecule has 23 heavy (non-hydrogen) atoms. The van der Waals surface area contributed by atoms with E-state index in [1.165, 1.54) is 12.0 Å². The number of rotatable bonds is 6. The van der Waals surface area contributed by atoms with Gasteiger partial charge in [-0.25, -0.2) is 4.79 Å². The van der Waals surface area contributed by atoms with Gasteiger partial charge in [0.05, 0.1) is 17.6 Å². The van der Waals surface area contributed by atoms with E-state index >= 15 is 0 Å². The molecule has 0 radical (unpaired) electrons. The summed E-state index contributed by atoms with van der Waals surface area (Å²) in [6.07, 6.45) is 4.54. The maximum atomic E-state index is 12.3. The summed E-state index contributed by atoms with van der Waals surface area (Å²) in [4.78, 5) is 37.3. The van der Waals surface area contributed by atoms with Crippen molar-refractivity contribution in [1.82, 2.24) is 4.90 Å². The zero-order chi connectivity index (χ0) is 16.8. The molecule has 2 rings (SSSR count). The van der Waals surface area contributed by atoms with Crippen LogP contribution in [-0.2, 0) is 9.53 Å². The van der Waals surface area contributed by atoms with E-state index in [0.29, 0.717) is 17.0 Å². The number of ether oxygens (including phenoxy) is 1. The summed E-state index contributed by atoms with van der Waals surface area (Å²) in [5.41, 5.74) is 1.20. The van der Waals surface area contributed by atoms with Crippen LogP contribution in [-0.4, -0.2) is 35.7 Å². The standard InChI is InChI=1S/C17H19NO4S/c1-3-4-5-10-18-15(19)14(23-17(18)21)11-12-6-8-13(9-7-12)16(20)22-2/h6-9,11H,3-5,10H2,1-2H3/b14-11-. The zero-order valence-electron chi connectivity index (χ0n) is 13.2. The number of methoxy groups -OCH3 is 1. The first-order chi connectivity index (χ1) is 11.1. The first-order valence-electron chi connectivity index (χ1n) is 7.50. The van der Waals surface area contributed by atoms with Gasteiger partial charge in [0, 0.05) is 6.54 Å². The highest BCUT2D eigenvalue weighted by Gasteiger charge is 2.34. The number of unbranched alkanes of at least 4 members (excludes halogenated alkanes) is 2. The average molecular weight is 333 g/mol. The third kappa shape index (κ3) is 4.22. The van der Waals surface area contributed by atoms with Crippen molar-refractivity contribution in [2.45, 2.75) is 26.2 Å². The topological polar surface area (TPSA) is 63.7 Å². The van der Waals surface area contributed by atoms with Gasteiger partial charge in [-0.1, -0.05) is 31.9 Å². The van der Waals surface area contributed by atoms with Crippen molar-refractivity contribution in [2.75, 3.05) is 13.7 Å². The van der Waals surface area contributed by atoms with Crippen molar-refractivity contribution in [3.05, 3.63) is 40.3 Å². The molecule has 1 aliphatic rings. The number of hydrogen-bond donors (Lipinski definition) is 0. The number of nitrogens with zero attached hydrogens (tertiary/aromatic N) is 1. The van der Waals surface area contributed by atoms with Crippen molar-refractivity contribution in [1.29, 1.82) is 0 Å². The van der Waals surface area contributed by atoms with E-state index in [2.05, 4.69) is 11.7 Å². The van der Waals surface area contributed by atoms with Crippen molar-refractivity contribution in [3.8, 4) is 0 Å². The Labute approximate surface area is 139 Å². The molecule has 1 aromatic rings. The second kappa shape index (κ2) is 7.97. The molecule has 1 aliphatic heterocycles. The van der Waals surface area contributed by atoms with Gasteiger partial charge in [0.2, 0.25) is 0 Å². The first kappa shape index (κ1) is 17.3. The highest BCUT2D eigenvalue weighted by molar-refractivity contribution is 8.18. The maximum absolute atomic E-state index is 12.3. The molecule has 1 aromatic carbocycles. The molecular formula is C17H19NO4S. The fourth-order valence-corrected chi connectivity index (χ4v) is 3.06. The van der Waals surface area contributed by atoms with E-state index < -0.39 is 5.97 Å². The molecule has 0 N–H and O–H groups in total. The van der Waals surface area contributed by atoms with Crippen LogP contribution >= 0.6 is 11.8 Å². The Morgan fingerprint density at radius 3 is 2.52 bits per heavy atom. The molecule has 1 saturated heterocycles. The second-order valence-corrected chi connectivity index (χ2v) is 6.15. The minimum absolute atomic E-state index is 0.219. The summed E-state index contributed by atoms with van der Waals surface area (Å²) in [7, 11) is 1.32. The molecule has 0 aliphatic carbocycles. The molecule has 2 amide bonds. The van der Waals surface area contributed by atoms with E-state index in [4.69, 9.17) is 0 Å². The Kier molecular flexibility index (Phi) is 5.98. The Hall–Kier alpha value is -2.08. The van der Waals surface area contributed by atoms with E-state index in [1.54, 1.807) is 30.3 Å². The number of thioether (sulfide) groups is 1. The molecule has 0 atom stereocenters. The van der Waals surface area contributed by atoms with E-state index in [0.717, 1.165) is 36.6 Å². The normalized spacial score (nSPS) is 16.3. The molecular weight excluding hydrogens is 314 g/mol. The molecule has 1 fully saturated rings. The molecule has 0 spiro atoms. The predicted octanol–water partition coefficient (Wildman–Crippen LogP) is 3.70. The fraction of sp³-hybridized carbons (Fsp3) is 0.353. The smallest absolute Gasteiger partial charge is 0.337 e. The second-order valence-electron chi connectivity index (χ2n) is 5.15. The summed E-state index contributed by atoms with van der Waals surface area (Å²) in [5.74, 6) is -0.652. The van der Waals surface area contributed by atoms with Crippen LogP contribution in [0.3, 0.4) is 0 Å². The van der Waals surface area contributed by atoms with Gasteiger partial charge in [0.25, 0.3) is 11.1 Å². The monoisotopic (exact) mass is 333 g/mol. The van der Waals surface area contributed by atoms with Crippen molar-refractivity contribution >= 4 is 35.0 Å². The Morgan fingerprint density at radius 2 is 1.91 bits per heavy atom. The molecule has 6 heteroatoms. The SMILES string of the molecule is CCCCCN1C(=O)S/C(=C\c2ccc(C(=O)OC)cc2)C1=O. The Balaban J connectivity index is 2.09. The Bertz CT molecular complexity index is 636. The summed E-state index contributed by atoms with van der Waals surface area (Å²) >= 11 is 0.957. The molecule has 122 valence electrons. The molecule has 5 nitrogen and oxygen atoms in total. The van der Waals surface area contributed by atoms with Gasteiger partial charge in [-0.05, 0) is 42.0 Å². The third-order valence-electron chi connectivity index (χ3n) is 3.49. The number of hydrogen-bond acceptors (Lipinski definition) is 5. The van der Waals surface area contributed by atoms with Crippen LogP contribution in [0.1, 0.15) is 42.1 Å². The number of benzene rings is 1. The first-order valence-corrected chi connectivity index (χ1v) is 8.32. The number of imide groups is 1. The lowest BCUT2D eigenvalue weighted by atomic mass is 10.1. The average Bonchev–Trinajstić information content (AvgIpc) is 2.82. The lowest BCUT2D eigenvalue weighted by Crippen LogP contribution is -2.29. The fourth-order valence-electron chi connectivity index (χ4n) is 2.20. The minimum atomic E-state index is -0.409. The molecule has 1 heterocycles. The maximum Gasteiger partial charge on any atom is 0.337 e. The summed E-state index contributed by atoms with van der Waals surface area (Å²) in [6.45, 7) is 2.54. The van der Waals surface area contributed by atoms with E-state index in [9.17, 15) is 14.4 Å². The van der Waals surface area contributed by atoms with Crippen molar-refractivity contribution < 1.29 is 19.1 Å². The number of esters is 1. The predicted molar refractivity (Wildman–Crippen MR) is 90.0 cm³/mol. The van der Waals surface area contributed by atoms with Crippen LogP contribution in [0.5, 0.6) is 0 Å². The van der Waals surface area contributed by atoms with Crippen LogP contribution in [0.4, 0.5) is 4.79 Å². The summed E-state index contributed by atoms with van der Waals surface area (Å²) in [6, 6.07) is 6.70. The van der Waals surface area contributed by atoms with Gasteiger partial charge in [0.15, 0.2) is 0 Å². The number of amides is 2. The van der Waals surface area contributed by atoms with Gasteiger partial charge >= 0.3 is 5.97 Å². The van der Waals surface area contributed by atoms with Gasteiger partial charge < -0.3 is 4.74 Å². The van der Waals surface area contributed by atoms with Crippen LogP contribution < -0.4 is 0 Å². The number of carbonyl (C=O) groups is 3. The van der Waals surface area contributed by atoms with E-state index in [1.807, 2.05) is 0 Å². The zero-order valence-corrected chi connectivity index (χ0v) is 14.0. The minimum Gasteiger partial charge on any atom is -0.465 e. The highest BCUT2D eigenvalue weighted by Crippen LogP contribution is 2.32. The quantitative estimate of drug-likeness (QED) is 0.451. The Morgan fingerprint density at radius 1 is 1.22 bits per heavy atom. The molecule has 0 unspecified atom stereocenters. The van der Waals surface area contributed by atoms with Gasteiger partial charge in [-0.2, -0.15) is 0 Å². The van der Waals surface area contributed by atoms with Gasteiger partial charge in [-0.15, -0.1) is 0 Å². The van der Waals surface area contributed by atoms with Gasteiger partial charge in [-0.3, -0.25) is 14.5 Å². The van der Waals surface area contributed by atoms with Gasteiger partial charge in [0.1, 0.15) is 0 Å². The van der Waals surface area contributed by atoms with E-state index in [-0.39, 0.29) is 11.1 Å². The van der Waals surface area contributed by atoms with Crippen LogP contribution in [0.15, 0.2) is 29.2 Å². The van der Waals surface area contributed by atoms with Crippen LogP contribution in [0, 0.1) is 0 Å². The third-order valence-corrected chi connectivity index (χ3v) is 4.40. The van der Waals surface area contributed by atoms with Crippen LogP contribution in [0.25, 0.3) is 6.08 Å². The lowest BCUT2D eigenvalue weighted by Gasteiger charge is -2.11. The number of carbonyl (C=O) groups excluding carboxylic acids is 3. The molecule has 0 bridgehead atoms. The molecule has 0 saturated carbocycles. The summed E-state index contributed by atoms with van der Waals surface area (Å²) < 4.78 is 4.64. The molecule has 0 aromatic heterocycles.